The van der Waals surface area contributed by atoms with Gasteiger partial charge in [0.25, 0.3) is 0 Å². The Bertz CT molecular complexity index is 1020. The fourth-order valence-corrected chi connectivity index (χ4v) is 6.03. The summed E-state index contributed by atoms with van der Waals surface area (Å²) in [7, 11) is 0. The Balaban J connectivity index is 1.25. The molecule has 3 N–H and O–H groups in total. The lowest BCUT2D eigenvalue weighted by atomic mass is 10.0. The van der Waals surface area contributed by atoms with Gasteiger partial charge in [0.1, 0.15) is 6.04 Å². The highest BCUT2D eigenvalue weighted by molar-refractivity contribution is 5.89. The molecule has 0 radical (unpaired) electrons. The van der Waals surface area contributed by atoms with E-state index in [0.29, 0.717) is 26.1 Å². The van der Waals surface area contributed by atoms with E-state index in [-0.39, 0.29) is 35.5 Å². The fourth-order valence-electron chi connectivity index (χ4n) is 6.03. The molecule has 1 aliphatic carbocycles. The molecule has 3 saturated heterocycles. The molecule has 2 amide bonds. The molecule has 168 valence electrons. The predicted molar refractivity (Wildman–Crippen MR) is 113 cm³/mol. The Labute approximate surface area is 186 Å². The fraction of sp³-hybridized carbons (Fsp3) is 0.565. The normalized spacial score (nSPS) is 29.9. The number of benzene rings is 1. The molecule has 9 heteroatoms. The number of nitrogens with zero attached hydrogens (tertiary/aromatic N) is 4. The van der Waals surface area contributed by atoms with E-state index in [1.165, 1.54) is 0 Å². The number of likely N-dealkylation sites (tertiary alicyclic amines) is 3. The molecule has 5 rings (SSSR count). The number of nitriles is 1. The van der Waals surface area contributed by atoms with Gasteiger partial charge in [0.2, 0.25) is 11.8 Å². The van der Waals surface area contributed by atoms with Gasteiger partial charge in [0.05, 0.1) is 29.8 Å². The molecule has 3 heterocycles. The monoisotopic (exact) mass is 437 g/mol. The van der Waals surface area contributed by atoms with Crippen LogP contribution in [0.4, 0.5) is 0 Å². The topological polar surface area (TPSA) is 131 Å². The van der Waals surface area contributed by atoms with E-state index in [9.17, 15) is 24.8 Å². The number of carbonyl (C=O) groups is 3. The van der Waals surface area contributed by atoms with Crippen molar-refractivity contribution < 1.29 is 19.5 Å². The van der Waals surface area contributed by atoms with Crippen LogP contribution >= 0.6 is 0 Å². The number of carboxylic acids is 1. The number of carbonyl (C=O) groups excluding carboxylic acids is 2. The van der Waals surface area contributed by atoms with Crippen LogP contribution in [0.15, 0.2) is 18.2 Å². The first kappa shape index (κ1) is 20.9. The number of nitrogens with two attached hydrogens (primary N) is 1. The second kappa shape index (κ2) is 7.87. The summed E-state index contributed by atoms with van der Waals surface area (Å²) in [6.45, 7) is 1.56. The van der Waals surface area contributed by atoms with Crippen molar-refractivity contribution in [1.29, 1.82) is 5.26 Å². The zero-order valence-corrected chi connectivity index (χ0v) is 17.8. The minimum Gasteiger partial charge on any atom is -0.478 e. The van der Waals surface area contributed by atoms with Crippen LogP contribution in [0.25, 0.3) is 0 Å². The van der Waals surface area contributed by atoms with Crippen molar-refractivity contribution in [2.75, 3.05) is 19.6 Å². The number of aromatic carboxylic acids is 1. The Morgan fingerprint density at radius 3 is 2.81 bits per heavy atom. The summed E-state index contributed by atoms with van der Waals surface area (Å²) < 4.78 is 0. The van der Waals surface area contributed by atoms with Gasteiger partial charge in [0.15, 0.2) is 0 Å². The van der Waals surface area contributed by atoms with E-state index >= 15 is 0 Å². The largest absolute Gasteiger partial charge is 0.478 e. The number of amides is 2. The van der Waals surface area contributed by atoms with Crippen molar-refractivity contribution in [2.24, 2.45) is 5.73 Å². The average Bonchev–Trinajstić information content (AvgIpc) is 3.55. The van der Waals surface area contributed by atoms with E-state index in [2.05, 4.69) is 6.07 Å². The van der Waals surface area contributed by atoms with Crippen molar-refractivity contribution >= 4 is 17.8 Å². The molecule has 0 aromatic heterocycles. The second-order valence-electron chi connectivity index (χ2n) is 9.30. The van der Waals surface area contributed by atoms with Crippen LogP contribution in [-0.2, 0) is 16.0 Å². The summed E-state index contributed by atoms with van der Waals surface area (Å²) in [5, 5.41) is 18.5. The summed E-state index contributed by atoms with van der Waals surface area (Å²) in [4.78, 5) is 42.9. The quantitative estimate of drug-likeness (QED) is 0.686. The molecule has 1 aromatic rings. The summed E-state index contributed by atoms with van der Waals surface area (Å²) in [5.41, 5.74) is 8.55. The van der Waals surface area contributed by atoms with Gasteiger partial charge in [0, 0.05) is 25.7 Å². The molecule has 2 bridgehead atoms. The average molecular weight is 438 g/mol. The smallest absolute Gasteiger partial charge is 0.335 e. The molecule has 9 nitrogen and oxygen atoms in total. The van der Waals surface area contributed by atoms with Crippen molar-refractivity contribution in [3.8, 4) is 6.07 Å². The summed E-state index contributed by atoms with van der Waals surface area (Å²) >= 11 is 0. The zero-order chi connectivity index (χ0) is 22.6. The van der Waals surface area contributed by atoms with E-state index in [0.717, 1.165) is 36.8 Å². The molecule has 3 aliphatic heterocycles. The summed E-state index contributed by atoms with van der Waals surface area (Å²) in [6, 6.07) is 6.00. The molecule has 1 aromatic carbocycles. The highest BCUT2D eigenvalue weighted by Crippen LogP contribution is 2.44. The van der Waals surface area contributed by atoms with Crippen molar-refractivity contribution in [1.82, 2.24) is 14.7 Å². The van der Waals surface area contributed by atoms with Gasteiger partial charge in [-0.25, -0.2) is 4.79 Å². The van der Waals surface area contributed by atoms with Gasteiger partial charge < -0.3 is 20.6 Å². The Kier molecular flexibility index (Phi) is 5.14. The molecule has 0 saturated carbocycles. The minimum absolute atomic E-state index is 0.0196. The molecule has 3 fully saturated rings. The Hall–Kier alpha value is -2.96. The Morgan fingerprint density at radius 2 is 2.09 bits per heavy atom. The number of hydrogen-bond donors (Lipinski definition) is 2. The summed E-state index contributed by atoms with van der Waals surface area (Å²) in [6.07, 6.45) is 3.80. The van der Waals surface area contributed by atoms with Crippen molar-refractivity contribution in [3.05, 3.63) is 34.9 Å². The van der Waals surface area contributed by atoms with Gasteiger partial charge in [-0.15, -0.1) is 0 Å². The maximum Gasteiger partial charge on any atom is 0.335 e. The maximum atomic E-state index is 13.3. The van der Waals surface area contributed by atoms with Crippen LogP contribution < -0.4 is 5.73 Å². The van der Waals surface area contributed by atoms with Gasteiger partial charge in [-0.3, -0.25) is 14.5 Å². The van der Waals surface area contributed by atoms with Crippen LogP contribution in [0.3, 0.4) is 0 Å². The minimum atomic E-state index is -0.941. The third kappa shape index (κ3) is 3.26. The lowest BCUT2D eigenvalue weighted by Gasteiger charge is -2.38. The predicted octanol–water partition coefficient (Wildman–Crippen LogP) is 0.499. The number of fused-ring (bicyclic) bond motifs is 3. The lowest BCUT2D eigenvalue weighted by Crippen LogP contribution is -2.56. The number of piperazine rings is 1. The Morgan fingerprint density at radius 1 is 1.28 bits per heavy atom. The van der Waals surface area contributed by atoms with Gasteiger partial charge in [-0.2, -0.15) is 5.26 Å². The number of aryl methyl sites for hydroxylation is 1. The van der Waals surface area contributed by atoms with Gasteiger partial charge in [-0.05, 0) is 55.4 Å². The third-order valence-electron chi connectivity index (χ3n) is 7.52. The van der Waals surface area contributed by atoms with E-state index in [4.69, 9.17) is 5.73 Å². The van der Waals surface area contributed by atoms with Crippen LogP contribution in [-0.4, -0.2) is 81.4 Å². The molecular weight excluding hydrogens is 410 g/mol. The zero-order valence-electron chi connectivity index (χ0n) is 17.8. The van der Waals surface area contributed by atoms with E-state index in [1.54, 1.807) is 17.0 Å². The van der Waals surface area contributed by atoms with Crippen LogP contribution in [0, 0.1) is 11.3 Å². The number of carboxylic acid groups (broad SMARTS) is 1. The molecular formula is C23H27N5O4. The molecule has 0 spiro atoms. The lowest BCUT2D eigenvalue weighted by molar-refractivity contribution is -0.141. The van der Waals surface area contributed by atoms with Crippen LogP contribution in [0.5, 0.6) is 0 Å². The maximum absolute atomic E-state index is 13.3. The first-order valence-corrected chi connectivity index (χ1v) is 11.3. The van der Waals surface area contributed by atoms with E-state index < -0.39 is 18.1 Å². The molecule has 32 heavy (non-hydrogen) atoms. The first-order valence-electron chi connectivity index (χ1n) is 11.3. The molecule has 4 aliphatic rings. The van der Waals surface area contributed by atoms with Crippen LogP contribution in [0.2, 0.25) is 0 Å². The number of hydrogen-bond acceptors (Lipinski definition) is 6. The third-order valence-corrected chi connectivity index (χ3v) is 7.52. The standard InChI is InChI=1S/C23H27N5O4/c24-10-15-2-1-7-27(15)21(29)18(25)12-26-11-16-9-20(26)22(30)28(16)19-6-4-13-8-14(23(31)32)3-5-17(13)19/h3,5,8,15-16,18-20H,1-2,4,6-7,9,11-12,25H2,(H,31,32)/t15-,16?,18-,19+,20+/m0/s1. The highest BCUT2D eigenvalue weighted by Gasteiger charge is 2.53. The van der Waals surface area contributed by atoms with Gasteiger partial charge >= 0.3 is 5.97 Å². The molecule has 5 atom stereocenters. The molecule has 1 unspecified atom stereocenters. The van der Waals surface area contributed by atoms with Gasteiger partial charge in [-0.1, -0.05) is 6.07 Å². The SMILES string of the molecule is N#C[C@@H]1CCCN1C(=O)[C@@H](N)CN1CC2C[C@@H]1C(=O)N2[C@@H]1CCc2cc(C(=O)O)ccc21. The summed E-state index contributed by atoms with van der Waals surface area (Å²) in [5.74, 6) is -1.08. The highest BCUT2D eigenvalue weighted by atomic mass is 16.4. The number of rotatable bonds is 5. The second-order valence-corrected chi connectivity index (χ2v) is 9.30. The van der Waals surface area contributed by atoms with E-state index in [1.807, 2.05) is 15.9 Å². The van der Waals surface area contributed by atoms with Crippen molar-refractivity contribution in [3.63, 3.8) is 0 Å². The van der Waals surface area contributed by atoms with Crippen LogP contribution in [0.1, 0.15) is 53.2 Å². The van der Waals surface area contributed by atoms with Crippen molar-refractivity contribution in [2.45, 2.75) is 62.3 Å². The first-order chi connectivity index (χ1) is 15.4.